The maximum absolute atomic E-state index is 12.4. The molecule has 152 valence electrons. The van der Waals surface area contributed by atoms with Crippen LogP contribution >= 0.6 is 23.2 Å². The molecule has 0 aliphatic heterocycles. The topological polar surface area (TPSA) is 96.4 Å². The number of furan rings is 1. The minimum Gasteiger partial charge on any atom is -0.486 e. The molecule has 0 saturated carbocycles. The number of aromatic nitrogens is 1. The monoisotopic (exact) mass is 443 g/mol. The summed E-state index contributed by atoms with van der Waals surface area (Å²) >= 11 is 12.2. The molecule has 9 heteroatoms. The van der Waals surface area contributed by atoms with E-state index in [-0.39, 0.29) is 23.1 Å². The standard InChI is InChI=1S/C21H15Cl2N3O4/c22-12-6-8-16-15(10-12)18(23)19(24-16)21(28)26-25-20(27)17-9-7-14(30-17)11-29-13-4-2-1-3-5-13/h1-10,24H,11H2,(H,25,27)(H,26,28). The van der Waals surface area contributed by atoms with Gasteiger partial charge in [0.2, 0.25) is 0 Å². The molecule has 0 fully saturated rings. The number of hydrogen-bond donors (Lipinski definition) is 3. The summed E-state index contributed by atoms with van der Waals surface area (Å²) in [5.74, 6) is -0.0597. The van der Waals surface area contributed by atoms with Crippen LogP contribution in [0.4, 0.5) is 0 Å². The Morgan fingerprint density at radius 2 is 1.73 bits per heavy atom. The van der Waals surface area contributed by atoms with Gasteiger partial charge in [0.05, 0.1) is 5.02 Å². The Morgan fingerprint density at radius 3 is 2.53 bits per heavy atom. The van der Waals surface area contributed by atoms with Gasteiger partial charge in [0.1, 0.15) is 23.8 Å². The van der Waals surface area contributed by atoms with E-state index >= 15 is 0 Å². The molecule has 7 nitrogen and oxygen atoms in total. The van der Waals surface area contributed by atoms with Crippen LogP contribution in [0.5, 0.6) is 5.75 Å². The first-order chi connectivity index (χ1) is 14.5. The van der Waals surface area contributed by atoms with Crippen molar-refractivity contribution in [3.8, 4) is 5.75 Å². The first-order valence-electron chi connectivity index (χ1n) is 8.85. The summed E-state index contributed by atoms with van der Waals surface area (Å²) in [5, 5.41) is 1.31. The number of benzene rings is 2. The Balaban J connectivity index is 1.36. The number of hydrazine groups is 1. The zero-order valence-corrected chi connectivity index (χ0v) is 16.9. The van der Waals surface area contributed by atoms with Crippen molar-refractivity contribution in [2.75, 3.05) is 0 Å². The number of rotatable bonds is 5. The summed E-state index contributed by atoms with van der Waals surface area (Å²) in [7, 11) is 0. The van der Waals surface area contributed by atoms with Crippen LogP contribution in [-0.2, 0) is 6.61 Å². The predicted molar refractivity (Wildman–Crippen MR) is 113 cm³/mol. The highest BCUT2D eigenvalue weighted by atomic mass is 35.5. The summed E-state index contributed by atoms with van der Waals surface area (Å²) in [6.45, 7) is 0.164. The third-order valence-corrected chi connectivity index (χ3v) is 4.85. The van der Waals surface area contributed by atoms with Gasteiger partial charge in [-0.3, -0.25) is 20.4 Å². The molecule has 2 heterocycles. The number of carbonyl (C=O) groups excluding carboxylic acids is 2. The Bertz CT molecular complexity index is 1220. The SMILES string of the molecule is O=C(NNC(=O)c1[nH]c2ccc(Cl)cc2c1Cl)c1ccc(COc2ccccc2)o1. The Morgan fingerprint density at radius 1 is 0.967 bits per heavy atom. The average Bonchev–Trinajstić information content (AvgIpc) is 3.36. The first-order valence-corrected chi connectivity index (χ1v) is 9.61. The summed E-state index contributed by atoms with van der Waals surface area (Å²) < 4.78 is 11.0. The van der Waals surface area contributed by atoms with E-state index < -0.39 is 11.8 Å². The second kappa shape index (κ2) is 8.52. The number of halogens is 2. The van der Waals surface area contributed by atoms with Crippen LogP contribution in [0, 0.1) is 0 Å². The number of nitrogens with one attached hydrogen (secondary N) is 3. The molecule has 0 unspecified atom stereocenters. The molecular weight excluding hydrogens is 429 g/mol. The maximum atomic E-state index is 12.4. The normalized spacial score (nSPS) is 10.7. The van der Waals surface area contributed by atoms with E-state index in [4.69, 9.17) is 32.4 Å². The van der Waals surface area contributed by atoms with Crippen LogP contribution in [0.2, 0.25) is 10.0 Å². The smallest absolute Gasteiger partial charge is 0.305 e. The molecule has 4 aromatic rings. The van der Waals surface area contributed by atoms with Crippen LogP contribution < -0.4 is 15.6 Å². The summed E-state index contributed by atoms with van der Waals surface area (Å²) in [4.78, 5) is 27.5. The fourth-order valence-electron chi connectivity index (χ4n) is 2.77. The second-order valence-electron chi connectivity index (χ2n) is 6.28. The summed E-state index contributed by atoms with van der Waals surface area (Å²) in [6.07, 6.45) is 0. The Kier molecular flexibility index (Phi) is 5.65. The van der Waals surface area contributed by atoms with E-state index in [2.05, 4.69) is 15.8 Å². The van der Waals surface area contributed by atoms with Crippen LogP contribution in [-0.4, -0.2) is 16.8 Å². The molecule has 2 aromatic heterocycles. The number of hydrogen-bond acceptors (Lipinski definition) is 4. The van der Waals surface area contributed by atoms with E-state index in [0.717, 1.165) is 0 Å². The zero-order valence-electron chi connectivity index (χ0n) is 15.4. The number of amides is 2. The van der Waals surface area contributed by atoms with Crippen molar-refractivity contribution in [3.05, 3.63) is 87.9 Å². The minimum absolute atomic E-state index is 0.0245. The quantitative estimate of drug-likeness (QED) is 0.388. The fourth-order valence-corrected chi connectivity index (χ4v) is 3.24. The van der Waals surface area contributed by atoms with Gasteiger partial charge in [0.15, 0.2) is 5.76 Å². The van der Waals surface area contributed by atoms with Gasteiger partial charge in [-0.15, -0.1) is 0 Å². The first kappa shape index (κ1) is 19.9. The molecule has 3 N–H and O–H groups in total. The molecule has 0 aliphatic carbocycles. The molecule has 0 atom stereocenters. The second-order valence-corrected chi connectivity index (χ2v) is 7.09. The third kappa shape index (κ3) is 4.27. The molecule has 4 rings (SSSR count). The van der Waals surface area contributed by atoms with E-state index in [1.165, 1.54) is 6.07 Å². The zero-order chi connectivity index (χ0) is 21.1. The number of aromatic amines is 1. The lowest BCUT2D eigenvalue weighted by Gasteiger charge is -2.05. The van der Waals surface area contributed by atoms with Crippen molar-refractivity contribution in [1.82, 2.24) is 15.8 Å². The fraction of sp³-hybridized carbons (Fsp3) is 0.0476. The van der Waals surface area contributed by atoms with Gasteiger partial charge in [-0.25, -0.2) is 0 Å². The highest BCUT2D eigenvalue weighted by Crippen LogP contribution is 2.29. The molecule has 2 amide bonds. The molecule has 0 saturated heterocycles. The predicted octanol–water partition coefficient (Wildman–Crippen LogP) is 4.72. The summed E-state index contributed by atoms with van der Waals surface area (Å²) in [6, 6.07) is 17.4. The number of para-hydroxylation sites is 1. The van der Waals surface area contributed by atoms with Crippen LogP contribution in [0.15, 0.2) is 65.1 Å². The van der Waals surface area contributed by atoms with E-state index in [0.29, 0.717) is 27.4 Å². The number of ether oxygens (including phenoxy) is 1. The van der Waals surface area contributed by atoms with E-state index in [1.807, 2.05) is 30.3 Å². The molecule has 0 aliphatic rings. The number of fused-ring (bicyclic) bond motifs is 1. The molecule has 30 heavy (non-hydrogen) atoms. The van der Waals surface area contributed by atoms with Gasteiger partial charge >= 0.3 is 5.91 Å². The average molecular weight is 444 g/mol. The maximum Gasteiger partial charge on any atom is 0.305 e. The van der Waals surface area contributed by atoms with Gasteiger partial charge in [-0.2, -0.15) is 0 Å². The largest absolute Gasteiger partial charge is 0.486 e. The van der Waals surface area contributed by atoms with Crippen molar-refractivity contribution in [1.29, 1.82) is 0 Å². The lowest BCUT2D eigenvalue weighted by atomic mass is 10.2. The van der Waals surface area contributed by atoms with Gasteiger partial charge in [-0.05, 0) is 42.5 Å². The van der Waals surface area contributed by atoms with Gasteiger partial charge in [0, 0.05) is 15.9 Å². The van der Waals surface area contributed by atoms with Gasteiger partial charge in [0.25, 0.3) is 5.91 Å². The number of carbonyl (C=O) groups is 2. The minimum atomic E-state index is -0.621. The Hall–Kier alpha value is -3.42. The molecule has 0 bridgehead atoms. The van der Waals surface area contributed by atoms with Gasteiger partial charge < -0.3 is 14.1 Å². The van der Waals surface area contributed by atoms with Crippen molar-refractivity contribution in [3.63, 3.8) is 0 Å². The van der Waals surface area contributed by atoms with Crippen molar-refractivity contribution in [2.45, 2.75) is 6.61 Å². The lowest BCUT2D eigenvalue weighted by molar-refractivity contribution is 0.0826. The Labute approximate surface area is 180 Å². The van der Waals surface area contributed by atoms with Crippen molar-refractivity contribution >= 4 is 45.9 Å². The van der Waals surface area contributed by atoms with E-state index in [9.17, 15) is 9.59 Å². The lowest BCUT2D eigenvalue weighted by Crippen LogP contribution is -2.41. The molecule has 0 spiro atoms. The molecule has 0 radical (unpaired) electrons. The summed E-state index contributed by atoms with van der Waals surface area (Å²) in [5.41, 5.74) is 5.34. The number of H-pyrrole nitrogens is 1. The third-order valence-electron chi connectivity index (χ3n) is 4.22. The van der Waals surface area contributed by atoms with Crippen LogP contribution in [0.3, 0.4) is 0 Å². The van der Waals surface area contributed by atoms with Crippen LogP contribution in [0.25, 0.3) is 10.9 Å². The molecular formula is C21H15Cl2N3O4. The van der Waals surface area contributed by atoms with E-state index in [1.54, 1.807) is 24.3 Å². The van der Waals surface area contributed by atoms with Crippen LogP contribution in [0.1, 0.15) is 26.8 Å². The van der Waals surface area contributed by atoms with Crippen molar-refractivity contribution in [2.24, 2.45) is 0 Å². The highest BCUT2D eigenvalue weighted by molar-refractivity contribution is 6.39. The molecule has 2 aromatic carbocycles. The van der Waals surface area contributed by atoms with Gasteiger partial charge in [-0.1, -0.05) is 41.4 Å². The highest BCUT2D eigenvalue weighted by Gasteiger charge is 2.18. The van der Waals surface area contributed by atoms with Crippen molar-refractivity contribution < 1.29 is 18.7 Å².